The molecule has 3 heteroatoms. The molecule has 0 heterocycles. The molecule has 0 aliphatic carbocycles. The standard InChI is InChI=1S/CHNO.Zn/c2-1-3;/h2H;. The van der Waals surface area contributed by atoms with Crippen molar-refractivity contribution in [2.75, 3.05) is 0 Å². The Kier molecular flexibility index (Phi) is 26.9. The van der Waals surface area contributed by atoms with Crippen LogP contribution in [0.5, 0.6) is 0 Å². The van der Waals surface area contributed by atoms with Crippen molar-refractivity contribution in [3.8, 4) is 0 Å². The minimum absolute atomic E-state index is 0. The first-order chi connectivity index (χ1) is 1.41. The molecule has 0 bridgehead atoms. The van der Waals surface area contributed by atoms with Crippen LogP contribution in [0, 0.1) is 5.41 Å². The van der Waals surface area contributed by atoms with Gasteiger partial charge in [-0.1, -0.05) is 0 Å². The third kappa shape index (κ3) is 177000. The maximum Gasteiger partial charge on any atom is 0.231 e. The van der Waals surface area contributed by atoms with Gasteiger partial charge in [-0.2, -0.15) is 0 Å². The number of hydrogen-bond donors (Lipinski definition) is 1. The molecule has 4 heavy (non-hydrogen) atoms. The summed E-state index contributed by atoms with van der Waals surface area (Å²) in [5, 5.41) is 5.40. The second kappa shape index (κ2) is 12.0. The van der Waals surface area contributed by atoms with E-state index in [1.807, 2.05) is 0 Å². The van der Waals surface area contributed by atoms with E-state index in [0.717, 1.165) is 6.08 Å². The Bertz CT molecular complexity index is 29.0. The Morgan fingerprint density at radius 2 is 1.75 bits per heavy atom. The fraction of sp³-hybridized carbons (Fsp3) is 0. The van der Waals surface area contributed by atoms with E-state index in [4.69, 9.17) is 10.2 Å². The summed E-state index contributed by atoms with van der Waals surface area (Å²) in [7, 11) is 0. The van der Waals surface area contributed by atoms with E-state index in [0.29, 0.717) is 0 Å². The topological polar surface area (TPSA) is 40.9 Å². The van der Waals surface area contributed by atoms with Crippen LogP contribution in [-0.4, -0.2) is 6.08 Å². The van der Waals surface area contributed by atoms with Gasteiger partial charge in [-0.3, -0.25) is 0 Å². The Hall–Kier alpha value is 0.00338. The molecule has 18 valence electrons. The van der Waals surface area contributed by atoms with Gasteiger partial charge in [-0.15, -0.1) is 0 Å². The van der Waals surface area contributed by atoms with Crippen molar-refractivity contribution in [3.63, 3.8) is 0 Å². The van der Waals surface area contributed by atoms with Crippen molar-refractivity contribution in [2.24, 2.45) is 0 Å². The van der Waals surface area contributed by atoms with Crippen molar-refractivity contribution in [1.82, 2.24) is 0 Å². The van der Waals surface area contributed by atoms with E-state index in [9.17, 15) is 0 Å². The molecular formula is CHNOZn. The maximum absolute atomic E-state index is 8.35. The van der Waals surface area contributed by atoms with Gasteiger partial charge in [-0.25, -0.2) is 10.2 Å². The minimum Gasteiger partial charge on any atom is -0.222 e. The molecule has 2 nitrogen and oxygen atoms in total. The summed E-state index contributed by atoms with van der Waals surface area (Å²) in [5.41, 5.74) is 0. The van der Waals surface area contributed by atoms with Crippen LogP contribution in [0.2, 0.25) is 0 Å². The molecule has 0 unspecified atom stereocenters. The number of nitrogens with one attached hydrogen (secondary N) is 1. The largest absolute Gasteiger partial charge is 0.231 e. The second-order valence-electron chi connectivity index (χ2n) is 0.102. The summed E-state index contributed by atoms with van der Waals surface area (Å²) in [6.07, 6.45) is 0.750. The molecule has 1 N–H and O–H groups in total. The van der Waals surface area contributed by atoms with Gasteiger partial charge < -0.3 is 0 Å². The zero-order chi connectivity index (χ0) is 2.71. The van der Waals surface area contributed by atoms with E-state index in [1.54, 1.807) is 0 Å². The number of hydrogen-bond acceptors (Lipinski definition) is 2. The SMILES string of the molecule is N=C=O.[Zn]. The first-order valence-electron chi connectivity index (χ1n) is 0.454. The van der Waals surface area contributed by atoms with Crippen LogP contribution >= 0.6 is 0 Å². The smallest absolute Gasteiger partial charge is 0.222 e. The molecule has 0 rings (SSSR count). The average molecular weight is 108 g/mol. The number of rotatable bonds is 0. The first-order valence-corrected chi connectivity index (χ1v) is 0.454. The summed E-state index contributed by atoms with van der Waals surface area (Å²) < 4.78 is 0. The molecule has 0 aromatic heterocycles. The second-order valence-corrected chi connectivity index (χ2v) is 0.102. The summed E-state index contributed by atoms with van der Waals surface area (Å²) in [5.74, 6) is 0. The average Bonchev–Trinajstić information content (AvgIpc) is 0.918. The van der Waals surface area contributed by atoms with Gasteiger partial charge in [-0.05, 0) is 0 Å². The van der Waals surface area contributed by atoms with Crippen molar-refractivity contribution in [3.05, 3.63) is 0 Å². The zero-order valence-electron chi connectivity index (χ0n) is 2.12. The van der Waals surface area contributed by atoms with Crippen LogP contribution < -0.4 is 0 Å². The van der Waals surface area contributed by atoms with Crippen molar-refractivity contribution < 1.29 is 24.3 Å². The van der Waals surface area contributed by atoms with E-state index in [-0.39, 0.29) is 19.5 Å². The van der Waals surface area contributed by atoms with E-state index >= 15 is 0 Å². The van der Waals surface area contributed by atoms with Crippen LogP contribution in [-0.2, 0) is 24.3 Å². The van der Waals surface area contributed by atoms with Crippen LogP contribution in [0.1, 0.15) is 0 Å². The third-order valence-corrected chi connectivity index (χ3v) is 0. The minimum atomic E-state index is 0. The molecule has 0 radical (unpaired) electrons. The number of carbonyl (C=O) groups excluding carboxylic acids is 1. The van der Waals surface area contributed by atoms with Gasteiger partial charge in [0.25, 0.3) is 0 Å². The van der Waals surface area contributed by atoms with Gasteiger partial charge in [0.05, 0.1) is 0 Å². The molecule has 0 amide bonds. The monoisotopic (exact) mass is 107 g/mol. The Morgan fingerprint density at radius 3 is 1.75 bits per heavy atom. The van der Waals surface area contributed by atoms with Gasteiger partial charge in [0, 0.05) is 19.5 Å². The molecule has 0 aromatic rings. The predicted octanol–water partition coefficient (Wildman–Crippen LogP) is -0.102. The van der Waals surface area contributed by atoms with Gasteiger partial charge in [0.15, 0.2) is 0 Å². The summed E-state index contributed by atoms with van der Waals surface area (Å²) in [6, 6.07) is 0. The van der Waals surface area contributed by atoms with Gasteiger partial charge >= 0.3 is 0 Å². The van der Waals surface area contributed by atoms with E-state index in [1.165, 1.54) is 0 Å². The molecule has 0 spiro atoms. The molecule has 0 saturated heterocycles. The van der Waals surface area contributed by atoms with Crippen molar-refractivity contribution in [2.45, 2.75) is 0 Å². The normalized spacial score (nSPS) is 2.00. The quantitative estimate of drug-likeness (QED) is 0.263. The number of isocyanates is 1. The maximum atomic E-state index is 8.35. The zero-order valence-corrected chi connectivity index (χ0v) is 5.08. The fourth-order valence-corrected chi connectivity index (χ4v) is 0. The van der Waals surface area contributed by atoms with Crippen LogP contribution in [0.25, 0.3) is 0 Å². The van der Waals surface area contributed by atoms with Gasteiger partial charge in [0.2, 0.25) is 6.08 Å². The molecule has 0 aliphatic heterocycles. The summed E-state index contributed by atoms with van der Waals surface area (Å²) in [4.78, 5) is 8.35. The van der Waals surface area contributed by atoms with Gasteiger partial charge in [0.1, 0.15) is 0 Å². The van der Waals surface area contributed by atoms with Crippen LogP contribution in [0.15, 0.2) is 0 Å². The first kappa shape index (κ1) is 9.00. The molecule has 0 atom stereocenters. The molecule has 0 fully saturated rings. The summed E-state index contributed by atoms with van der Waals surface area (Å²) in [6.45, 7) is 0. The molecule has 0 saturated carbocycles. The Balaban J connectivity index is 0. The molecular weight excluding hydrogens is 107 g/mol. The molecule has 0 aliphatic rings. The van der Waals surface area contributed by atoms with Crippen LogP contribution in [0.4, 0.5) is 0 Å². The summed E-state index contributed by atoms with van der Waals surface area (Å²) >= 11 is 0. The van der Waals surface area contributed by atoms with E-state index in [2.05, 4.69) is 0 Å². The molecule has 0 aromatic carbocycles. The fourth-order valence-electron chi connectivity index (χ4n) is 0. The van der Waals surface area contributed by atoms with Crippen molar-refractivity contribution >= 4 is 6.08 Å². The third-order valence-electron chi connectivity index (χ3n) is 0. The Labute approximate surface area is 36.5 Å². The predicted molar refractivity (Wildman–Crippen MR) is 8.41 cm³/mol. The Morgan fingerprint density at radius 1 is 1.75 bits per heavy atom. The van der Waals surface area contributed by atoms with Crippen molar-refractivity contribution in [1.29, 1.82) is 5.41 Å². The van der Waals surface area contributed by atoms with E-state index < -0.39 is 0 Å². The van der Waals surface area contributed by atoms with Crippen LogP contribution in [0.3, 0.4) is 0 Å².